The molecule has 19 heavy (non-hydrogen) atoms. The lowest BCUT2D eigenvalue weighted by atomic mass is 10.1. The molecular formula is C14H16N2O3. The van der Waals surface area contributed by atoms with Gasteiger partial charge in [-0.15, -0.1) is 0 Å². The maximum Gasteiger partial charge on any atom is 0.196 e. The molecule has 100 valence electrons. The van der Waals surface area contributed by atoms with Crippen molar-refractivity contribution in [1.82, 2.24) is 4.98 Å². The summed E-state index contributed by atoms with van der Waals surface area (Å²) in [7, 11) is 0. The van der Waals surface area contributed by atoms with Crippen molar-refractivity contribution in [2.45, 2.75) is 12.8 Å². The van der Waals surface area contributed by atoms with E-state index in [0.717, 1.165) is 29.2 Å². The molecule has 0 saturated carbocycles. The normalized spacial score (nSPS) is 14.2. The van der Waals surface area contributed by atoms with Crippen LogP contribution in [0.2, 0.25) is 0 Å². The van der Waals surface area contributed by atoms with Crippen LogP contribution in [0, 0.1) is 0 Å². The van der Waals surface area contributed by atoms with Crippen LogP contribution in [0.1, 0.15) is 12.3 Å². The first-order valence-electron chi connectivity index (χ1n) is 6.41. The summed E-state index contributed by atoms with van der Waals surface area (Å²) in [6.07, 6.45) is 3.25. The van der Waals surface area contributed by atoms with E-state index in [2.05, 4.69) is 4.98 Å². The molecule has 0 bridgehead atoms. The largest absolute Gasteiger partial charge is 0.490 e. The molecule has 5 nitrogen and oxygen atoms in total. The van der Waals surface area contributed by atoms with Gasteiger partial charge in [-0.1, -0.05) is 0 Å². The molecular weight excluding hydrogens is 244 g/mol. The van der Waals surface area contributed by atoms with Crippen LogP contribution < -0.4 is 15.2 Å². The summed E-state index contributed by atoms with van der Waals surface area (Å²) in [5, 5.41) is 0. The molecule has 5 heteroatoms. The summed E-state index contributed by atoms with van der Waals surface area (Å²) in [6.45, 7) is 1.89. The fraction of sp³-hybridized carbons (Fsp3) is 0.357. The van der Waals surface area contributed by atoms with E-state index in [0.29, 0.717) is 32.1 Å². The van der Waals surface area contributed by atoms with Gasteiger partial charge in [0.15, 0.2) is 23.1 Å². The van der Waals surface area contributed by atoms with Crippen molar-refractivity contribution in [3.05, 3.63) is 30.3 Å². The van der Waals surface area contributed by atoms with Gasteiger partial charge in [-0.2, -0.15) is 0 Å². The summed E-state index contributed by atoms with van der Waals surface area (Å²) in [5.41, 5.74) is 6.41. The third-order valence-corrected chi connectivity index (χ3v) is 2.94. The fourth-order valence-electron chi connectivity index (χ4n) is 2.00. The second-order valence-electron chi connectivity index (χ2n) is 4.37. The third-order valence-electron chi connectivity index (χ3n) is 2.94. The van der Waals surface area contributed by atoms with Gasteiger partial charge >= 0.3 is 0 Å². The Morgan fingerprint density at radius 3 is 2.84 bits per heavy atom. The highest BCUT2D eigenvalue weighted by Gasteiger charge is 2.13. The van der Waals surface area contributed by atoms with Crippen LogP contribution in [0.25, 0.3) is 11.3 Å². The van der Waals surface area contributed by atoms with Gasteiger partial charge in [-0.25, -0.2) is 4.98 Å². The van der Waals surface area contributed by atoms with E-state index < -0.39 is 0 Å². The molecule has 0 radical (unpaired) electrons. The van der Waals surface area contributed by atoms with Crippen LogP contribution in [-0.4, -0.2) is 24.7 Å². The number of oxazole rings is 1. The molecule has 0 unspecified atom stereocenters. The molecule has 1 aromatic carbocycles. The topological polar surface area (TPSA) is 70.5 Å². The van der Waals surface area contributed by atoms with Crippen LogP contribution >= 0.6 is 0 Å². The smallest absolute Gasteiger partial charge is 0.196 e. The minimum atomic E-state index is 0.529. The second-order valence-corrected chi connectivity index (χ2v) is 4.37. The maximum atomic E-state index is 5.66. The van der Waals surface area contributed by atoms with E-state index >= 15 is 0 Å². The van der Waals surface area contributed by atoms with Gasteiger partial charge in [-0.3, -0.25) is 0 Å². The zero-order valence-corrected chi connectivity index (χ0v) is 10.6. The number of nitrogens with two attached hydrogens (primary N) is 1. The average molecular weight is 260 g/mol. The molecule has 0 aliphatic carbocycles. The average Bonchev–Trinajstić information content (AvgIpc) is 2.76. The number of ether oxygens (including phenoxy) is 2. The quantitative estimate of drug-likeness (QED) is 0.914. The standard InChI is InChI=1S/C14H16N2O3/c15-5-4-14-16-9-13(19-14)10-2-3-11-12(8-10)18-7-1-6-17-11/h2-3,8-9H,1,4-7,15H2. The van der Waals surface area contributed by atoms with Crippen LogP contribution in [0.3, 0.4) is 0 Å². The van der Waals surface area contributed by atoms with E-state index in [-0.39, 0.29) is 0 Å². The minimum Gasteiger partial charge on any atom is -0.490 e. The molecule has 0 fully saturated rings. The van der Waals surface area contributed by atoms with E-state index in [1.165, 1.54) is 0 Å². The number of nitrogens with zero attached hydrogens (tertiary/aromatic N) is 1. The molecule has 1 aromatic heterocycles. The molecule has 1 aliphatic heterocycles. The summed E-state index contributed by atoms with van der Waals surface area (Å²) >= 11 is 0. The van der Waals surface area contributed by atoms with E-state index in [9.17, 15) is 0 Å². The van der Waals surface area contributed by atoms with E-state index in [1.54, 1.807) is 6.20 Å². The molecule has 0 amide bonds. The molecule has 0 saturated heterocycles. The molecule has 0 spiro atoms. The van der Waals surface area contributed by atoms with Gasteiger partial charge in [0.2, 0.25) is 0 Å². The summed E-state index contributed by atoms with van der Waals surface area (Å²) < 4.78 is 16.9. The second kappa shape index (κ2) is 5.32. The van der Waals surface area contributed by atoms with Crippen molar-refractivity contribution in [2.75, 3.05) is 19.8 Å². The summed E-state index contributed by atoms with van der Waals surface area (Å²) in [5.74, 6) is 2.92. The van der Waals surface area contributed by atoms with Gasteiger partial charge in [0.05, 0.1) is 19.4 Å². The zero-order valence-electron chi connectivity index (χ0n) is 10.6. The van der Waals surface area contributed by atoms with Gasteiger partial charge in [0.1, 0.15) is 0 Å². The van der Waals surface area contributed by atoms with E-state index in [4.69, 9.17) is 19.6 Å². The Morgan fingerprint density at radius 2 is 2.00 bits per heavy atom. The summed E-state index contributed by atoms with van der Waals surface area (Å²) in [4.78, 5) is 4.19. The lowest BCUT2D eigenvalue weighted by molar-refractivity contribution is 0.297. The highest BCUT2D eigenvalue weighted by molar-refractivity contribution is 5.62. The fourth-order valence-corrected chi connectivity index (χ4v) is 2.00. The Kier molecular flexibility index (Phi) is 3.37. The molecule has 1 aliphatic rings. The Bertz CT molecular complexity index is 566. The van der Waals surface area contributed by atoms with Gasteiger partial charge < -0.3 is 19.6 Å². The predicted molar refractivity (Wildman–Crippen MR) is 70.3 cm³/mol. The SMILES string of the molecule is NCCc1ncc(-c2ccc3c(c2)OCCCO3)o1. The number of fused-ring (bicyclic) bond motifs is 1. The van der Waals surface area contributed by atoms with Crippen LogP contribution in [0.5, 0.6) is 11.5 Å². The predicted octanol–water partition coefficient (Wildman–Crippen LogP) is 2.00. The molecule has 2 heterocycles. The van der Waals surface area contributed by atoms with Gasteiger partial charge in [0, 0.05) is 24.9 Å². The van der Waals surface area contributed by atoms with Crippen molar-refractivity contribution < 1.29 is 13.9 Å². The van der Waals surface area contributed by atoms with Gasteiger partial charge in [0.25, 0.3) is 0 Å². The van der Waals surface area contributed by atoms with Crippen LogP contribution in [0.15, 0.2) is 28.8 Å². The van der Waals surface area contributed by atoms with Crippen molar-refractivity contribution in [3.8, 4) is 22.8 Å². The van der Waals surface area contributed by atoms with Crippen LogP contribution in [0.4, 0.5) is 0 Å². The monoisotopic (exact) mass is 260 g/mol. The summed E-state index contributed by atoms with van der Waals surface area (Å²) in [6, 6.07) is 5.77. The first-order valence-corrected chi connectivity index (χ1v) is 6.41. The number of rotatable bonds is 3. The Balaban J connectivity index is 1.89. The molecule has 3 rings (SSSR count). The number of aromatic nitrogens is 1. The maximum absolute atomic E-state index is 5.66. The first kappa shape index (κ1) is 12.0. The molecule has 2 aromatic rings. The Morgan fingerprint density at radius 1 is 1.16 bits per heavy atom. The lowest BCUT2D eigenvalue weighted by Crippen LogP contribution is -2.02. The van der Waals surface area contributed by atoms with Crippen LogP contribution in [-0.2, 0) is 6.42 Å². The Hall–Kier alpha value is -2.01. The third kappa shape index (κ3) is 2.56. The zero-order chi connectivity index (χ0) is 13.1. The van der Waals surface area contributed by atoms with Crippen molar-refractivity contribution in [1.29, 1.82) is 0 Å². The number of hydrogen-bond acceptors (Lipinski definition) is 5. The minimum absolute atomic E-state index is 0.529. The highest BCUT2D eigenvalue weighted by atomic mass is 16.5. The highest BCUT2D eigenvalue weighted by Crippen LogP contribution is 2.34. The van der Waals surface area contributed by atoms with Crippen molar-refractivity contribution in [2.24, 2.45) is 5.73 Å². The van der Waals surface area contributed by atoms with Crippen molar-refractivity contribution in [3.63, 3.8) is 0 Å². The molecule has 2 N–H and O–H groups in total. The number of benzene rings is 1. The Labute approximate surface area is 111 Å². The lowest BCUT2D eigenvalue weighted by Gasteiger charge is -2.07. The molecule has 0 atom stereocenters. The first-order chi connectivity index (χ1) is 9.36. The van der Waals surface area contributed by atoms with E-state index in [1.807, 2.05) is 18.2 Å². The van der Waals surface area contributed by atoms with Crippen molar-refractivity contribution >= 4 is 0 Å². The number of hydrogen-bond donors (Lipinski definition) is 1. The van der Waals surface area contributed by atoms with Gasteiger partial charge in [-0.05, 0) is 18.2 Å².